The first kappa shape index (κ1) is 8.70. The fraction of sp³-hybridized carbons (Fsp3) is 0.500. The van der Waals surface area contributed by atoms with E-state index in [0.29, 0.717) is 6.79 Å². The van der Waals surface area contributed by atoms with Crippen LogP contribution in [0.1, 0.15) is 18.4 Å². The average molecular weight is 219 g/mol. The minimum Gasteiger partial charge on any atom is -0.475 e. The van der Waals surface area contributed by atoms with Crippen LogP contribution < -0.4 is 14.2 Å². The van der Waals surface area contributed by atoms with Crippen molar-refractivity contribution in [1.82, 2.24) is 4.90 Å². The number of hydrogen-bond acceptors (Lipinski definition) is 4. The van der Waals surface area contributed by atoms with Gasteiger partial charge in [0.1, 0.15) is 5.75 Å². The highest BCUT2D eigenvalue weighted by Gasteiger charge is 2.32. The summed E-state index contributed by atoms with van der Waals surface area (Å²) in [6, 6.07) is 4.01. The second-order valence-corrected chi connectivity index (χ2v) is 4.50. The summed E-state index contributed by atoms with van der Waals surface area (Å²) in [4.78, 5) is 2.38. The minimum absolute atomic E-state index is 0.271. The molecule has 1 aromatic carbocycles. The lowest BCUT2D eigenvalue weighted by atomic mass is 10.1. The molecule has 0 spiro atoms. The van der Waals surface area contributed by atoms with Crippen LogP contribution in [0.15, 0.2) is 12.1 Å². The molecule has 0 bridgehead atoms. The van der Waals surface area contributed by atoms with E-state index >= 15 is 0 Å². The van der Waals surface area contributed by atoms with Gasteiger partial charge in [-0.15, -0.1) is 0 Å². The topological polar surface area (TPSA) is 30.9 Å². The zero-order chi connectivity index (χ0) is 10.5. The predicted molar refractivity (Wildman–Crippen MR) is 56.6 cm³/mol. The SMILES string of the molecule is c1c2c(cc3c1OCO3)OC1CCCN1C2. The molecule has 0 aliphatic carbocycles. The number of rotatable bonds is 0. The van der Waals surface area contributed by atoms with Gasteiger partial charge >= 0.3 is 0 Å². The van der Waals surface area contributed by atoms with Gasteiger partial charge in [0.05, 0.1) is 0 Å². The van der Waals surface area contributed by atoms with Gasteiger partial charge in [-0.2, -0.15) is 0 Å². The summed E-state index contributed by atoms with van der Waals surface area (Å²) in [6.07, 6.45) is 2.63. The third-order valence-corrected chi connectivity index (χ3v) is 3.50. The summed E-state index contributed by atoms with van der Waals surface area (Å²) in [5, 5.41) is 0. The molecule has 3 aliphatic rings. The van der Waals surface area contributed by atoms with Gasteiger partial charge in [0.25, 0.3) is 0 Å². The molecule has 1 atom stereocenters. The third kappa shape index (κ3) is 1.13. The van der Waals surface area contributed by atoms with Gasteiger partial charge in [-0.05, 0) is 18.9 Å². The molecule has 1 fully saturated rings. The molecule has 0 saturated carbocycles. The predicted octanol–water partition coefficient (Wildman–Crippen LogP) is 1.73. The van der Waals surface area contributed by atoms with Gasteiger partial charge in [0.15, 0.2) is 17.7 Å². The molecular weight excluding hydrogens is 206 g/mol. The lowest BCUT2D eigenvalue weighted by Crippen LogP contribution is -2.37. The molecule has 3 aliphatic heterocycles. The van der Waals surface area contributed by atoms with Crippen LogP contribution in [0.3, 0.4) is 0 Å². The van der Waals surface area contributed by atoms with Crippen molar-refractivity contribution in [3.05, 3.63) is 17.7 Å². The van der Waals surface area contributed by atoms with Crippen LogP contribution in [-0.4, -0.2) is 24.5 Å². The highest BCUT2D eigenvalue weighted by molar-refractivity contribution is 5.52. The van der Waals surface area contributed by atoms with Gasteiger partial charge in [0.2, 0.25) is 6.79 Å². The molecule has 16 heavy (non-hydrogen) atoms. The molecule has 4 heteroatoms. The standard InChI is InChI=1S/C12H13NO3/c1-2-12-13(3-1)6-8-4-10-11(15-7-14-10)5-9(8)16-12/h4-5,12H,1-3,6-7H2. The van der Waals surface area contributed by atoms with E-state index < -0.39 is 0 Å². The maximum Gasteiger partial charge on any atom is 0.231 e. The first-order valence-corrected chi connectivity index (χ1v) is 5.73. The van der Waals surface area contributed by atoms with Crippen LogP contribution in [0.25, 0.3) is 0 Å². The van der Waals surface area contributed by atoms with Crippen molar-refractivity contribution >= 4 is 0 Å². The van der Waals surface area contributed by atoms with E-state index in [1.165, 1.54) is 12.0 Å². The number of ether oxygens (including phenoxy) is 3. The van der Waals surface area contributed by atoms with Crippen LogP contribution >= 0.6 is 0 Å². The summed E-state index contributed by atoms with van der Waals surface area (Å²) in [5.41, 5.74) is 1.21. The Labute approximate surface area is 93.7 Å². The monoisotopic (exact) mass is 219 g/mol. The summed E-state index contributed by atoms with van der Waals surface area (Å²) < 4.78 is 16.7. The van der Waals surface area contributed by atoms with Gasteiger partial charge in [-0.25, -0.2) is 0 Å². The fourth-order valence-electron chi connectivity index (χ4n) is 2.67. The van der Waals surface area contributed by atoms with Gasteiger partial charge in [0, 0.05) is 24.7 Å². The van der Waals surface area contributed by atoms with E-state index in [4.69, 9.17) is 14.2 Å². The molecule has 1 unspecified atom stereocenters. The average Bonchev–Trinajstić information content (AvgIpc) is 2.89. The number of hydrogen-bond donors (Lipinski definition) is 0. The van der Waals surface area contributed by atoms with Crippen molar-refractivity contribution in [2.75, 3.05) is 13.3 Å². The smallest absolute Gasteiger partial charge is 0.231 e. The van der Waals surface area contributed by atoms with Gasteiger partial charge in [-0.1, -0.05) is 0 Å². The normalized spacial score (nSPS) is 26.1. The minimum atomic E-state index is 0.271. The van der Waals surface area contributed by atoms with E-state index in [9.17, 15) is 0 Å². The number of fused-ring (bicyclic) bond motifs is 3. The highest BCUT2D eigenvalue weighted by atomic mass is 16.7. The van der Waals surface area contributed by atoms with E-state index in [0.717, 1.165) is 36.8 Å². The van der Waals surface area contributed by atoms with Crippen molar-refractivity contribution < 1.29 is 14.2 Å². The molecule has 1 saturated heterocycles. The molecule has 3 heterocycles. The second kappa shape index (κ2) is 3.04. The molecule has 84 valence electrons. The largest absolute Gasteiger partial charge is 0.475 e. The lowest BCUT2D eigenvalue weighted by Gasteiger charge is -2.31. The van der Waals surface area contributed by atoms with Crippen LogP contribution in [0, 0.1) is 0 Å². The van der Waals surface area contributed by atoms with Gasteiger partial charge in [-0.3, -0.25) is 4.90 Å². The summed E-state index contributed by atoms with van der Waals surface area (Å²) in [7, 11) is 0. The Bertz CT molecular complexity index is 407. The first-order chi connectivity index (χ1) is 7.90. The third-order valence-electron chi connectivity index (χ3n) is 3.50. The fourth-order valence-corrected chi connectivity index (χ4v) is 2.67. The second-order valence-electron chi connectivity index (χ2n) is 4.50. The van der Waals surface area contributed by atoms with Gasteiger partial charge < -0.3 is 14.2 Å². The van der Waals surface area contributed by atoms with E-state index in [1.54, 1.807) is 0 Å². The van der Waals surface area contributed by atoms with E-state index in [1.807, 2.05) is 12.1 Å². The van der Waals surface area contributed by atoms with Crippen LogP contribution in [0.2, 0.25) is 0 Å². The van der Waals surface area contributed by atoms with Crippen molar-refractivity contribution in [3.8, 4) is 17.2 Å². The highest BCUT2D eigenvalue weighted by Crippen LogP contribution is 2.42. The molecule has 0 N–H and O–H groups in total. The number of nitrogens with zero attached hydrogens (tertiary/aromatic N) is 1. The van der Waals surface area contributed by atoms with E-state index in [-0.39, 0.29) is 6.23 Å². The quantitative estimate of drug-likeness (QED) is 0.665. The van der Waals surface area contributed by atoms with Crippen molar-refractivity contribution in [3.63, 3.8) is 0 Å². The molecule has 4 rings (SSSR count). The summed E-state index contributed by atoms with van der Waals surface area (Å²) >= 11 is 0. The first-order valence-electron chi connectivity index (χ1n) is 5.73. The Kier molecular flexibility index (Phi) is 1.65. The Morgan fingerprint density at radius 2 is 2.00 bits per heavy atom. The molecular formula is C12H13NO3. The summed E-state index contributed by atoms with van der Waals surface area (Å²) in [5.74, 6) is 2.62. The van der Waals surface area contributed by atoms with Crippen LogP contribution in [0.4, 0.5) is 0 Å². The Balaban J connectivity index is 1.76. The maximum absolute atomic E-state index is 5.97. The zero-order valence-electron chi connectivity index (χ0n) is 8.94. The molecule has 4 nitrogen and oxygen atoms in total. The van der Waals surface area contributed by atoms with Crippen molar-refractivity contribution in [2.45, 2.75) is 25.6 Å². The molecule has 0 aromatic heterocycles. The maximum atomic E-state index is 5.97. The molecule has 0 radical (unpaired) electrons. The van der Waals surface area contributed by atoms with Crippen LogP contribution in [-0.2, 0) is 6.54 Å². The Hall–Kier alpha value is -1.42. The van der Waals surface area contributed by atoms with Crippen molar-refractivity contribution in [2.24, 2.45) is 0 Å². The zero-order valence-corrected chi connectivity index (χ0v) is 8.94. The lowest BCUT2D eigenvalue weighted by molar-refractivity contribution is 0.0339. The summed E-state index contributed by atoms with van der Waals surface area (Å²) in [6.45, 7) is 2.43. The van der Waals surface area contributed by atoms with E-state index in [2.05, 4.69) is 4.90 Å². The Morgan fingerprint density at radius 1 is 1.12 bits per heavy atom. The Morgan fingerprint density at radius 3 is 2.94 bits per heavy atom. The van der Waals surface area contributed by atoms with Crippen molar-refractivity contribution in [1.29, 1.82) is 0 Å². The number of benzene rings is 1. The van der Waals surface area contributed by atoms with Crippen LogP contribution in [0.5, 0.6) is 17.2 Å². The molecule has 1 aromatic rings. The molecule has 0 amide bonds.